The summed E-state index contributed by atoms with van der Waals surface area (Å²) in [7, 11) is 0. The Kier molecular flexibility index (Phi) is 8.90. The number of unbranched alkanes of at least 4 members (excludes halogenated alkanes) is 2. The van der Waals surface area contributed by atoms with Crippen LogP contribution in [0.25, 0.3) is 0 Å². The third-order valence-electron chi connectivity index (χ3n) is 6.41. The van der Waals surface area contributed by atoms with Crippen molar-refractivity contribution >= 4 is 23.2 Å². The van der Waals surface area contributed by atoms with Crippen molar-refractivity contribution in [1.29, 1.82) is 0 Å². The molecule has 5 unspecified atom stereocenters. The summed E-state index contributed by atoms with van der Waals surface area (Å²) in [6.07, 6.45) is 7.86. The number of hydrogen-bond acceptors (Lipinski definition) is 1. The van der Waals surface area contributed by atoms with Gasteiger partial charge in [0.05, 0.1) is 6.10 Å². The van der Waals surface area contributed by atoms with Gasteiger partial charge in [-0.2, -0.15) is 0 Å². The highest BCUT2D eigenvalue weighted by Gasteiger charge is 2.43. The number of benzene rings is 2. The summed E-state index contributed by atoms with van der Waals surface area (Å²) >= 11 is 13.6. The summed E-state index contributed by atoms with van der Waals surface area (Å²) < 4.78 is 0. The predicted molar refractivity (Wildman–Crippen MR) is 125 cm³/mol. The first-order valence-corrected chi connectivity index (χ1v) is 12.1. The average Bonchev–Trinajstić information content (AvgIpc) is 3.02. The molecule has 0 spiro atoms. The molecular weight excluding hydrogens is 399 g/mol. The van der Waals surface area contributed by atoms with Gasteiger partial charge < -0.3 is 5.11 Å². The van der Waals surface area contributed by atoms with E-state index in [1.54, 1.807) is 0 Å². The maximum atomic E-state index is 10.9. The largest absolute Gasteiger partial charge is 0.388 e. The summed E-state index contributed by atoms with van der Waals surface area (Å²) in [4.78, 5) is 0. The maximum Gasteiger partial charge on any atom is 0.0792 e. The van der Waals surface area contributed by atoms with Crippen molar-refractivity contribution in [2.75, 3.05) is 0 Å². The molecule has 29 heavy (non-hydrogen) atoms. The molecule has 1 N–H and O–H groups in total. The predicted octanol–water partition coefficient (Wildman–Crippen LogP) is 7.64. The molecule has 1 aliphatic carbocycles. The van der Waals surface area contributed by atoms with E-state index in [0.29, 0.717) is 5.92 Å². The summed E-state index contributed by atoms with van der Waals surface area (Å²) in [6.45, 7) is 2.19. The third kappa shape index (κ3) is 6.00. The lowest BCUT2D eigenvalue weighted by Gasteiger charge is -2.27. The van der Waals surface area contributed by atoms with Gasteiger partial charge in [-0.05, 0) is 54.7 Å². The Hall–Kier alpha value is -1.02. The first-order chi connectivity index (χ1) is 14.1. The van der Waals surface area contributed by atoms with Crippen molar-refractivity contribution in [3.8, 4) is 0 Å². The van der Waals surface area contributed by atoms with Gasteiger partial charge >= 0.3 is 0 Å². The highest BCUT2D eigenvalue weighted by atomic mass is 35.5. The minimum absolute atomic E-state index is 0.0308. The van der Waals surface area contributed by atoms with Crippen LogP contribution >= 0.6 is 23.2 Å². The second kappa shape index (κ2) is 11.4. The quantitative estimate of drug-likeness (QED) is 0.301. The van der Waals surface area contributed by atoms with Crippen LogP contribution in [0, 0.1) is 5.92 Å². The van der Waals surface area contributed by atoms with Gasteiger partial charge in [0.2, 0.25) is 0 Å². The van der Waals surface area contributed by atoms with Gasteiger partial charge in [0.1, 0.15) is 0 Å². The van der Waals surface area contributed by atoms with Crippen molar-refractivity contribution in [2.24, 2.45) is 5.92 Å². The van der Waals surface area contributed by atoms with Gasteiger partial charge in [0.25, 0.3) is 0 Å². The van der Waals surface area contributed by atoms with Crippen LogP contribution in [0.4, 0.5) is 0 Å². The maximum absolute atomic E-state index is 10.9. The van der Waals surface area contributed by atoms with Crippen LogP contribution in [-0.4, -0.2) is 15.9 Å². The monoisotopic (exact) mass is 432 g/mol. The van der Waals surface area contributed by atoms with Gasteiger partial charge in [0, 0.05) is 16.7 Å². The molecule has 2 aromatic rings. The fourth-order valence-electron chi connectivity index (χ4n) is 4.86. The minimum Gasteiger partial charge on any atom is -0.388 e. The highest BCUT2D eigenvalue weighted by molar-refractivity contribution is 6.25. The molecule has 1 aliphatic rings. The number of aliphatic hydroxyl groups is 1. The van der Waals surface area contributed by atoms with Crippen molar-refractivity contribution in [1.82, 2.24) is 0 Å². The lowest BCUT2D eigenvalue weighted by Crippen LogP contribution is -2.19. The van der Waals surface area contributed by atoms with E-state index in [-0.39, 0.29) is 16.7 Å². The zero-order valence-corrected chi connectivity index (χ0v) is 19.0. The second-order valence-electron chi connectivity index (χ2n) is 8.48. The average molecular weight is 433 g/mol. The van der Waals surface area contributed by atoms with Gasteiger partial charge in [-0.1, -0.05) is 80.8 Å². The molecule has 158 valence electrons. The van der Waals surface area contributed by atoms with Crippen molar-refractivity contribution < 1.29 is 5.11 Å². The number of aryl methyl sites for hydroxylation is 1. The number of alkyl halides is 2. The molecule has 5 atom stereocenters. The Bertz CT molecular complexity index is 732. The molecule has 0 aromatic heterocycles. The fourth-order valence-corrected chi connectivity index (χ4v) is 5.94. The Morgan fingerprint density at radius 1 is 0.931 bits per heavy atom. The fraction of sp³-hybridized carbons (Fsp3) is 0.538. The van der Waals surface area contributed by atoms with Gasteiger partial charge in [-0.3, -0.25) is 0 Å². The zero-order valence-electron chi connectivity index (χ0n) is 17.4. The zero-order chi connectivity index (χ0) is 20.6. The topological polar surface area (TPSA) is 20.2 Å². The minimum atomic E-state index is -0.416. The molecule has 3 heteroatoms. The van der Waals surface area contributed by atoms with Crippen LogP contribution in [0.15, 0.2) is 54.6 Å². The molecule has 3 rings (SSSR count). The summed E-state index contributed by atoms with van der Waals surface area (Å²) in [6, 6.07) is 19.0. The van der Waals surface area contributed by atoms with Crippen LogP contribution in [0.5, 0.6) is 0 Å². The first-order valence-electron chi connectivity index (χ1n) is 11.2. The van der Waals surface area contributed by atoms with Crippen LogP contribution in [0.1, 0.15) is 80.6 Å². The molecule has 0 radical (unpaired) electrons. The Labute approximate surface area is 186 Å². The van der Waals surface area contributed by atoms with E-state index in [9.17, 15) is 5.11 Å². The van der Waals surface area contributed by atoms with Crippen molar-refractivity contribution in [3.63, 3.8) is 0 Å². The molecule has 2 aromatic carbocycles. The van der Waals surface area contributed by atoms with E-state index >= 15 is 0 Å². The SMILES string of the molecule is CCCCCC(O)c1ccccc1C1C(Cl)CC(Cl)C1CCCc1ccccc1. The summed E-state index contributed by atoms with van der Waals surface area (Å²) in [5.74, 6) is 0.568. The number of aliphatic hydroxyl groups excluding tert-OH is 1. The summed E-state index contributed by atoms with van der Waals surface area (Å²) in [5.41, 5.74) is 3.64. The third-order valence-corrected chi connectivity index (χ3v) is 7.36. The Morgan fingerprint density at radius 3 is 2.41 bits per heavy atom. The van der Waals surface area contributed by atoms with E-state index in [1.165, 1.54) is 11.1 Å². The number of halogens is 2. The van der Waals surface area contributed by atoms with E-state index in [1.807, 2.05) is 6.07 Å². The van der Waals surface area contributed by atoms with E-state index in [2.05, 4.69) is 55.5 Å². The molecule has 1 saturated carbocycles. The molecular formula is C26H34Cl2O. The number of hydrogen-bond donors (Lipinski definition) is 1. The second-order valence-corrected chi connectivity index (χ2v) is 9.60. The smallest absolute Gasteiger partial charge is 0.0792 e. The van der Waals surface area contributed by atoms with E-state index in [4.69, 9.17) is 23.2 Å². The standard InChI is InChI=1S/C26H34Cl2O/c1-2-3-5-17-25(29)20-14-8-9-15-21(20)26-22(23(27)18-24(26)28)16-10-13-19-11-6-4-7-12-19/h4,6-9,11-12,14-15,22-26,29H,2-3,5,10,13,16-18H2,1H3. The van der Waals surface area contributed by atoms with E-state index in [0.717, 1.165) is 56.9 Å². The van der Waals surface area contributed by atoms with E-state index < -0.39 is 6.10 Å². The van der Waals surface area contributed by atoms with Gasteiger partial charge in [-0.15, -0.1) is 23.2 Å². The number of rotatable bonds is 10. The molecule has 0 heterocycles. The van der Waals surface area contributed by atoms with Crippen molar-refractivity contribution in [2.45, 2.75) is 81.1 Å². The Morgan fingerprint density at radius 2 is 1.66 bits per heavy atom. The van der Waals surface area contributed by atoms with Gasteiger partial charge in [0.15, 0.2) is 0 Å². The summed E-state index contributed by atoms with van der Waals surface area (Å²) in [5, 5.41) is 11.0. The van der Waals surface area contributed by atoms with Crippen LogP contribution < -0.4 is 0 Å². The van der Waals surface area contributed by atoms with Crippen molar-refractivity contribution in [3.05, 3.63) is 71.3 Å². The highest BCUT2D eigenvalue weighted by Crippen LogP contribution is 2.49. The lowest BCUT2D eigenvalue weighted by molar-refractivity contribution is 0.161. The first kappa shape index (κ1) is 22.7. The van der Waals surface area contributed by atoms with Crippen LogP contribution in [0.3, 0.4) is 0 Å². The molecule has 1 nitrogen and oxygen atoms in total. The molecule has 0 amide bonds. The molecule has 1 fully saturated rings. The molecule has 0 aliphatic heterocycles. The van der Waals surface area contributed by atoms with Crippen LogP contribution in [-0.2, 0) is 6.42 Å². The van der Waals surface area contributed by atoms with Gasteiger partial charge in [-0.25, -0.2) is 0 Å². The molecule has 0 saturated heterocycles. The Balaban J connectivity index is 1.73. The molecule has 0 bridgehead atoms. The normalized spacial score (nSPS) is 25.2. The van der Waals surface area contributed by atoms with Crippen LogP contribution in [0.2, 0.25) is 0 Å². The lowest BCUT2D eigenvalue weighted by atomic mass is 9.81.